The molecule has 1 fully saturated rings. The number of methoxy groups -OCH3 is 2. The minimum atomic E-state index is -0.477. The molecule has 0 radical (unpaired) electrons. The van der Waals surface area contributed by atoms with E-state index in [1.807, 2.05) is 24.4 Å². The zero-order valence-corrected chi connectivity index (χ0v) is 20.5. The number of non-ortho nitro benzene ring substituents is 1. The second kappa shape index (κ2) is 11.2. The van der Waals surface area contributed by atoms with E-state index in [0.29, 0.717) is 43.1 Å². The zero-order chi connectivity index (χ0) is 25.7. The highest BCUT2D eigenvalue weighted by molar-refractivity contribution is 5.94. The first-order chi connectivity index (χ1) is 17.4. The zero-order valence-electron chi connectivity index (χ0n) is 20.5. The standard InChI is InChI=1S/C26H30N4O6/c1-35-23-16-20-8-11-28(25(31)18-21(20)17-24(23)36-2)10-3-9-27-12-14-29(15-13-27)26(32)19-4-6-22(7-5-19)30(33)34/h4-8,11,16-17H,3,9-10,12-15,18H2,1-2H3. The van der Waals surface area contributed by atoms with Crippen molar-refractivity contribution in [3.8, 4) is 11.5 Å². The topological polar surface area (TPSA) is 105 Å². The molecule has 2 aromatic carbocycles. The molecule has 0 aromatic heterocycles. The van der Waals surface area contributed by atoms with Crippen LogP contribution in [0, 0.1) is 10.1 Å². The van der Waals surface area contributed by atoms with Gasteiger partial charge in [-0.25, -0.2) is 0 Å². The average molecular weight is 495 g/mol. The van der Waals surface area contributed by atoms with Crippen LogP contribution >= 0.6 is 0 Å². The summed E-state index contributed by atoms with van der Waals surface area (Å²) in [5, 5.41) is 10.8. The minimum absolute atomic E-state index is 0.0302. The van der Waals surface area contributed by atoms with Gasteiger partial charge in [-0.15, -0.1) is 0 Å². The monoisotopic (exact) mass is 494 g/mol. The number of hydrogen-bond acceptors (Lipinski definition) is 7. The van der Waals surface area contributed by atoms with Crippen LogP contribution < -0.4 is 9.47 Å². The van der Waals surface area contributed by atoms with Gasteiger partial charge in [0.1, 0.15) is 0 Å². The highest BCUT2D eigenvalue weighted by Crippen LogP contribution is 2.32. The number of nitro groups is 1. The lowest BCUT2D eigenvalue weighted by Crippen LogP contribution is -2.49. The van der Waals surface area contributed by atoms with Crippen molar-refractivity contribution in [3.05, 3.63) is 69.4 Å². The molecule has 2 heterocycles. The number of carbonyl (C=O) groups is 2. The molecule has 0 spiro atoms. The molecule has 0 bridgehead atoms. The molecule has 0 atom stereocenters. The largest absolute Gasteiger partial charge is 0.493 e. The van der Waals surface area contributed by atoms with Gasteiger partial charge in [-0.05, 0) is 54.4 Å². The molecule has 190 valence electrons. The fourth-order valence-corrected chi connectivity index (χ4v) is 4.51. The SMILES string of the molecule is COc1cc2c(cc1OC)CC(=O)N(CCCN1CCN(C(=O)c3ccc([N+](=O)[O-])cc3)CC1)C=C2. The molecule has 0 N–H and O–H groups in total. The summed E-state index contributed by atoms with van der Waals surface area (Å²) < 4.78 is 10.7. The van der Waals surface area contributed by atoms with Gasteiger partial charge in [0.25, 0.3) is 11.6 Å². The fraction of sp³-hybridized carbons (Fsp3) is 0.385. The molecule has 2 aromatic rings. The number of nitrogens with zero attached hydrogens (tertiary/aromatic N) is 4. The molecular weight excluding hydrogens is 464 g/mol. The Balaban J connectivity index is 1.25. The van der Waals surface area contributed by atoms with E-state index >= 15 is 0 Å². The second-order valence-corrected chi connectivity index (χ2v) is 8.78. The molecule has 10 heteroatoms. The summed E-state index contributed by atoms with van der Waals surface area (Å²) in [6.45, 7) is 4.11. The predicted molar refractivity (Wildman–Crippen MR) is 134 cm³/mol. The Kier molecular flexibility index (Phi) is 7.84. The molecule has 2 aliphatic rings. The Hall–Kier alpha value is -3.92. The van der Waals surface area contributed by atoms with E-state index in [1.54, 1.807) is 24.0 Å². The Morgan fingerprint density at radius 1 is 1.00 bits per heavy atom. The van der Waals surface area contributed by atoms with Gasteiger partial charge in [-0.2, -0.15) is 0 Å². The van der Waals surface area contributed by atoms with Crippen LogP contribution in [0.1, 0.15) is 27.9 Å². The Morgan fingerprint density at radius 3 is 2.31 bits per heavy atom. The molecule has 0 unspecified atom stereocenters. The van der Waals surface area contributed by atoms with Crippen molar-refractivity contribution in [2.24, 2.45) is 0 Å². The van der Waals surface area contributed by atoms with Crippen LogP contribution in [0.5, 0.6) is 11.5 Å². The normalized spacial score (nSPS) is 15.9. The van der Waals surface area contributed by atoms with Crippen molar-refractivity contribution >= 4 is 23.6 Å². The van der Waals surface area contributed by atoms with E-state index < -0.39 is 4.92 Å². The molecule has 1 saturated heterocycles. The molecule has 0 aliphatic carbocycles. The molecule has 4 rings (SSSR count). The Bertz CT molecular complexity index is 1160. The van der Waals surface area contributed by atoms with Crippen molar-refractivity contribution in [1.82, 2.24) is 14.7 Å². The number of amides is 2. The van der Waals surface area contributed by atoms with Gasteiger partial charge >= 0.3 is 0 Å². The highest BCUT2D eigenvalue weighted by atomic mass is 16.6. The summed E-state index contributed by atoms with van der Waals surface area (Å²) in [4.78, 5) is 41.7. The number of piperazine rings is 1. The van der Waals surface area contributed by atoms with Crippen molar-refractivity contribution in [2.75, 3.05) is 53.5 Å². The summed E-state index contributed by atoms with van der Waals surface area (Å²) in [6, 6.07) is 9.46. The summed E-state index contributed by atoms with van der Waals surface area (Å²) >= 11 is 0. The van der Waals surface area contributed by atoms with Gasteiger partial charge in [0.15, 0.2) is 11.5 Å². The highest BCUT2D eigenvalue weighted by Gasteiger charge is 2.23. The lowest BCUT2D eigenvalue weighted by atomic mass is 10.0. The summed E-state index contributed by atoms with van der Waals surface area (Å²) in [6.07, 6.45) is 4.88. The summed E-state index contributed by atoms with van der Waals surface area (Å²) in [5.74, 6) is 1.17. The number of rotatable bonds is 8. The maximum Gasteiger partial charge on any atom is 0.269 e. The number of hydrogen-bond donors (Lipinski definition) is 0. The van der Waals surface area contributed by atoms with Crippen LogP contribution in [0.4, 0.5) is 5.69 Å². The number of carbonyl (C=O) groups excluding carboxylic acids is 2. The lowest BCUT2D eigenvalue weighted by molar-refractivity contribution is -0.384. The van der Waals surface area contributed by atoms with Gasteiger partial charge in [0, 0.05) is 56.6 Å². The molecule has 2 amide bonds. The number of ether oxygens (including phenoxy) is 2. The number of fused-ring (bicyclic) bond motifs is 1. The first kappa shape index (κ1) is 25.2. The van der Waals surface area contributed by atoms with Crippen molar-refractivity contribution in [2.45, 2.75) is 12.8 Å². The van der Waals surface area contributed by atoms with Gasteiger partial charge in [0.05, 0.1) is 25.6 Å². The number of nitro benzene ring substituents is 1. The summed E-state index contributed by atoms with van der Waals surface area (Å²) in [5.41, 5.74) is 2.27. The third-order valence-electron chi connectivity index (χ3n) is 6.60. The lowest BCUT2D eigenvalue weighted by Gasteiger charge is -2.35. The minimum Gasteiger partial charge on any atom is -0.493 e. The smallest absolute Gasteiger partial charge is 0.269 e. The van der Waals surface area contributed by atoms with Crippen LogP contribution in [0.3, 0.4) is 0 Å². The van der Waals surface area contributed by atoms with E-state index in [9.17, 15) is 19.7 Å². The second-order valence-electron chi connectivity index (χ2n) is 8.78. The third kappa shape index (κ3) is 5.65. The van der Waals surface area contributed by atoms with Gasteiger partial charge in [0.2, 0.25) is 5.91 Å². The van der Waals surface area contributed by atoms with Crippen molar-refractivity contribution in [3.63, 3.8) is 0 Å². The van der Waals surface area contributed by atoms with Crippen molar-refractivity contribution < 1.29 is 24.0 Å². The van der Waals surface area contributed by atoms with Crippen LogP contribution in [0.25, 0.3) is 6.08 Å². The summed E-state index contributed by atoms with van der Waals surface area (Å²) in [7, 11) is 3.17. The van der Waals surface area contributed by atoms with Crippen LogP contribution in [-0.2, 0) is 11.2 Å². The van der Waals surface area contributed by atoms with Crippen LogP contribution in [-0.4, -0.2) is 84.9 Å². The number of benzene rings is 2. The van der Waals surface area contributed by atoms with Crippen molar-refractivity contribution in [1.29, 1.82) is 0 Å². The Labute approximate surface area is 209 Å². The van der Waals surface area contributed by atoms with E-state index in [-0.39, 0.29) is 17.5 Å². The maximum absolute atomic E-state index is 12.8. The van der Waals surface area contributed by atoms with E-state index in [2.05, 4.69) is 4.90 Å². The van der Waals surface area contributed by atoms with E-state index in [4.69, 9.17) is 9.47 Å². The molecule has 36 heavy (non-hydrogen) atoms. The molecule has 2 aliphatic heterocycles. The van der Waals surface area contributed by atoms with Gasteiger partial charge in [-0.3, -0.25) is 24.6 Å². The van der Waals surface area contributed by atoms with E-state index in [1.165, 1.54) is 24.3 Å². The molecular formula is C26H30N4O6. The van der Waals surface area contributed by atoms with Crippen LogP contribution in [0.2, 0.25) is 0 Å². The van der Waals surface area contributed by atoms with Crippen LogP contribution in [0.15, 0.2) is 42.6 Å². The predicted octanol–water partition coefficient (Wildman–Crippen LogP) is 2.82. The first-order valence-corrected chi connectivity index (χ1v) is 11.9. The van der Waals surface area contributed by atoms with E-state index in [0.717, 1.165) is 37.2 Å². The maximum atomic E-state index is 12.8. The quantitative estimate of drug-likeness (QED) is 0.410. The third-order valence-corrected chi connectivity index (χ3v) is 6.60. The molecule has 10 nitrogen and oxygen atoms in total. The average Bonchev–Trinajstić information content (AvgIpc) is 3.05. The molecule has 0 saturated carbocycles. The first-order valence-electron chi connectivity index (χ1n) is 11.9. The van der Waals surface area contributed by atoms with Gasteiger partial charge in [-0.1, -0.05) is 0 Å². The Morgan fingerprint density at radius 2 is 1.67 bits per heavy atom. The fourth-order valence-electron chi connectivity index (χ4n) is 4.51. The van der Waals surface area contributed by atoms with Gasteiger partial charge < -0.3 is 19.3 Å².